The first-order valence-corrected chi connectivity index (χ1v) is 12.3. The Labute approximate surface area is 212 Å². The summed E-state index contributed by atoms with van der Waals surface area (Å²) in [5.41, 5.74) is 12.3. The van der Waals surface area contributed by atoms with Crippen LogP contribution in [0.4, 0.5) is 0 Å². The Morgan fingerprint density at radius 2 is 2.00 bits per heavy atom. The van der Waals surface area contributed by atoms with Crippen LogP contribution in [0.3, 0.4) is 0 Å². The van der Waals surface area contributed by atoms with E-state index < -0.39 is 36.0 Å². The smallest absolute Gasteiger partial charge is 0.329 e. The minimum atomic E-state index is -1.55. The van der Waals surface area contributed by atoms with Crippen LogP contribution in [0.15, 0.2) is 27.6 Å². The van der Waals surface area contributed by atoms with Crippen molar-refractivity contribution in [3.63, 3.8) is 0 Å². The number of nitrogens with one attached hydrogen (secondary N) is 3. The number of aliphatic hydroxyl groups excluding tert-OH is 1. The molecule has 14 heteroatoms. The summed E-state index contributed by atoms with van der Waals surface area (Å²) in [6.07, 6.45) is 3.52. The van der Waals surface area contributed by atoms with Crippen molar-refractivity contribution in [2.24, 2.45) is 16.5 Å². The van der Waals surface area contributed by atoms with Gasteiger partial charge in [0.2, 0.25) is 17.7 Å². The molecule has 0 saturated carbocycles. The first kappa shape index (κ1) is 29.0. The first-order valence-electron chi connectivity index (χ1n) is 11.4. The zero-order valence-corrected chi connectivity index (χ0v) is 20.8. The Morgan fingerprint density at radius 3 is 2.61 bits per heavy atom. The molecule has 3 atom stereocenters. The van der Waals surface area contributed by atoms with Gasteiger partial charge in [0.1, 0.15) is 6.10 Å². The lowest BCUT2D eigenvalue weighted by Gasteiger charge is -2.21. The number of carboxylic acid groups (broad SMARTS) is 1. The van der Waals surface area contributed by atoms with Gasteiger partial charge in [-0.1, -0.05) is 29.5 Å². The zero-order chi connectivity index (χ0) is 26.8. The number of hydrogen-bond donors (Lipinski definition) is 7. The van der Waals surface area contributed by atoms with Crippen molar-refractivity contribution in [2.75, 3.05) is 19.6 Å². The highest BCUT2D eigenvalue weighted by Crippen LogP contribution is 2.31. The topological polar surface area (TPSA) is 224 Å². The van der Waals surface area contributed by atoms with Gasteiger partial charge >= 0.3 is 5.97 Å². The molecule has 0 spiro atoms. The number of carbonyl (C=O) groups excluding carboxylic acids is 3. The first-order chi connectivity index (χ1) is 17.0. The summed E-state index contributed by atoms with van der Waals surface area (Å²) in [7, 11) is 0. The Morgan fingerprint density at radius 1 is 1.28 bits per heavy atom. The molecular weight excluding hydrogens is 490 g/mol. The number of allylic oxidation sites excluding steroid dienone is 1. The second-order valence-corrected chi connectivity index (χ2v) is 9.60. The molecule has 0 bridgehead atoms. The molecule has 0 aromatic carbocycles. The van der Waals surface area contributed by atoms with Gasteiger partial charge in [0.25, 0.3) is 0 Å². The van der Waals surface area contributed by atoms with Crippen molar-refractivity contribution >= 4 is 46.5 Å². The van der Waals surface area contributed by atoms with Gasteiger partial charge < -0.3 is 37.2 Å². The largest absolute Gasteiger partial charge is 0.480 e. The van der Waals surface area contributed by atoms with Gasteiger partial charge in [-0.2, -0.15) is 0 Å². The maximum atomic E-state index is 12.2. The van der Waals surface area contributed by atoms with Crippen LogP contribution in [0.2, 0.25) is 0 Å². The van der Waals surface area contributed by atoms with E-state index in [0.717, 1.165) is 17.3 Å². The lowest BCUT2D eigenvalue weighted by Crippen LogP contribution is -2.49. The molecule has 36 heavy (non-hydrogen) atoms. The molecule has 0 aliphatic carbocycles. The molecule has 2 rings (SSSR count). The van der Waals surface area contributed by atoms with E-state index in [-0.39, 0.29) is 18.3 Å². The number of nitrogens with two attached hydrogens (primary N) is 2. The van der Waals surface area contributed by atoms with Gasteiger partial charge in [0.05, 0.1) is 11.1 Å². The maximum absolute atomic E-state index is 12.2. The van der Waals surface area contributed by atoms with Crippen LogP contribution in [0.1, 0.15) is 39.0 Å². The number of rotatable bonds is 12. The highest BCUT2D eigenvalue weighted by Gasteiger charge is 2.33. The number of carboxylic acids is 1. The summed E-state index contributed by atoms with van der Waals surface area (Å²) in [5.74, 6) is -2.69. The molecule has 2 heterocycles. The van der Waals surface area contributed by atoms with Crippen LogP contribution in [0, 0.1) is 5.41 Å². The number of hydrogen-bond acceptors (Lipinski definition) is 8. The number of aliphatic carboxylic acids is 1. The standard InChI is InChI=1S/C22H33N7O6S/c1-12(30)27-17-6-5-15(36-17)19(32)18(21(34)35)28-16(31)4-2-3-8-26-20(33)14(23)10-13-7-9-29(11-13)22(24)25/h5,7,14,18-19,32H,2-4,6,8-11,23H2,1H3,(H3,24,25)(H,26,33)(H,28,31)(H,34,35). The van der Waals surface area contributed by atoms with Crippen LogP contribution in [0.5, 0.6) is 0 Å². The molecule has 0 aromatic rings. The average Bonchev–Trinajstić information content (AvgIpc) is 3.46. The lowest BCUT2D eigenvalue weighted by molar-refractivity contribution is -0.144. The molecule has 2 aliphatic rings. The van der Waals surface area contributed by atoms with Gasteiger partial charge in [-0.15, -0.1) is 0 Å². The molecule has 0 saturated heterocycles. The molecule has 2 aliphatic heterocycles. The van der Waals surface area contributed by atoms with Crippen LogP contribution < -0.4 is 22.1 Å². The maximum Gasteiger partial charge on any atom is 0.329 e. The Balaban J connectivity index is 1.68. The van der Waals surface area contributed by atoms with E-state index in [4.69, 9.17) is 16.9 Å². The quantitative estimate of drug-likeness (QED) is 0.0716. The van der Waals surface area contributed by atoms with Crippen LogP contribution >= 0.6 is 11.8 Å². The van der Waals surface area contributed by atoms with Gasteiger partial charge in [-0.05, 0) is 19.3 Å². The van der Waals surface area contributed by atoms with Crippen molar-refractivity contribution < 1.29 is 29.4 Å². The van der Waals surface area contributed by atoms with Gasteiger partial charge in [-0.3, -0.25) is 19.8 Å². The number of nitrogens with zero attached hydrogens (tertiary/aromatic N) is 2. The van der Waals surface area contributed by atoms with Gasteiger partial charge in [-0.25, -0.2) is 9.79 Å². The lowest BCUT2D eigenvalue weighted by atomic mass is 10.1. The fraction of sp³-hybridized carbons (Fsp3) is 0.545. The number of unbranched alkanes of at least 4 members (excludes halogenated alkanes) is 1. The Kier molecular flexibility index (Phi) is 11.1. The fourth-order valence-electron chi connectivity index (χ4n) is 3.59. The van der Waals surface area contributed by atoms with E-state index in [0.29, 0.717) is 55.3 Å². The molecule has 9 N–H and O–H groups in total. The normalized spacial score (nSPS) is 18.8. The van der Waals surface area contributed by atoms with Crippen molar-refractivity contribution in [2.45, 2.75) is 57.2 Å². The highest BCUT2D eigenvalue weighted by molar-refractivity contribution is 8.17. The number of aliphatic hydroxyl groups is 1. The van der Waals surface area contributed by atoms with E-state index in [1.165, 1.54) is 6.92 Å². The predicted molar refractivity (Wildman–Crippen MR) is 135 cm³/mol. The molecule has 0 fully saturated rings. The minimum absolute atomic E-state index is 0.00935. The van der Waals surface area contributed by atoms with E-state index in [9.17, 15) is 29.4 Å². The molecule has 3 amide bonds. The summed E-state index contributed by atoms with van der Waals surface area (Å²) in [5, 5.41) is 32.8. The molecule has 198 valence electrons. The van der Waals surface area contributed by atoms with Gasteiger partial charge in [0.15, 0.2) is 12.0 Å². The fourth-order valence-corrected chi connectivity index (χ4v) is 4.63. The molecular formula is C22H33N7O6S. The third-order valence-electron chi connectivity index (χ3n) is 5.47. The second kappa shape index (κ2) is 13.8. The SMILES string of the molecule is CC(=O)N=C1CC=C(C(O)C(NC(=O)CCCCNC(=O)C(N)CC2=CCN(C(=N)N)C2)C(=O)O)S1. The van der Waals surface area contributed by atoms with Crippen LogP contribution in [-0.4, -0.2) is 87.6 Å². The molecule has 13 nitrogen and oxygen atoms in total. The number of aliphatic imine (C=N–C) groups is 1. The van der Waals surface area contributed by atoms with Crippen LogP contribution in [-0.2, 0) is 19.2 Å². The zero-order valence-electron chi connectivity index (χ0n) is 20.0. The minimum Gasteiger partial charge on any atom is -0.480 e. The number of thioether (sulfide) groups is 1. The van der Waals surface area contributed by atoms with Crippen molar-refractivity contribution in [1.29, 1.82) is 5.41 Å². The van der Waals surface area contributed by atoms with Gasteiger partial charge in [0, 0.05) is 44.3 Å². The highest BCUT2D eigenvalue weighted by atomic mass is 32.2. The van der Waals surface area contributed by atoms with E-state index in [2.05, 4.69) is 15.6 Å². The second-order valence-electron chi connectivity index (χ2n) is 8.45. The summed E-state index contributed by atoms with van der Waals surface area (Å²) < 4.78 is 0. The summed E-state index contributed by atoms with van der Waals surface area (Å²) in [6, 6.07) is -2.29. The Bertz CT molecular complexity index is 980. The number of guanidine groups is 1. The van der Waals surface area contributed by atoms with E-state index in [1.807, 2.05) is 6.08 Å². The molecule has 0 aromatic heterocycles. The number of amides is 3. The average molecular weight is 524 g/mol. The third-order valence-corrected chi connectivity index (χ3v) is 6.61. The van der Waals surface area contributed by atoms with E-state index >= 15 is 0 Å². The Hall–Kier alpha value is -3.23. The molecule has 3 unspecified atom stereocenters. The predicted octanol–water partition coefficient (Wildman–Crippen LogP) is -0.978. The van der Waals surface area contributed by atoms with Crippen molar-refractivity contribution in [1.82, 2.24) is 15.5 Å². The number of carbonyl (C=O) groups is 4. The van der Waals surface area contributed by atoms with Crippen molar-refractivity contribution in [3.8, 4) is 0 Å². The van der Waals surface area contributed by atoms with Crippen molar-refractivity contribution in [3.05, 3.63) is 22.6 Å². The molecule has 0 radical (unpaired) electrons. The summed E-state index contributed by atoms with van der Waals surface area (Å²) >= 11 is 1.01. The summed E-state index contributed by atoms with van der Waals surface area (Å²) in [6.45, 7) is 2.58. The van der Waals surface area contributed by atoms with E-state index in [1.54, 1.807) is 11.0 Å². The van der Waals surface area contributed by atoms with Crippen LogP contribution in [0.25, 0.3) is 0 Å². The third kappa shape index (κ3) is 9.09. The summed E-state index contributed by atoms with van der Waals surface area (Å²) in [4.78, 5) is 52.9. The monoisotopic (exact) mass is 523 g/mol.